The second-order valence-electron chi connectivity index (χ2n) is 5.50. The van der Waals surface area contributed by atoms with Crippen LogP contribution in [0, 0.1) is 0 Å². The Balaban J connectivity index is 1.79. The quantitative estimate of drug-likeness (QED) is 0.863. The molecule has 1 aliphatic rings. The Hall–Kier alpha value is -0.810. The van der Waals surface area contributed by atoms with Crippen molar-refractivity contribution in [1.82, 2.24) is 14.8 Å². The monoisotopic (exact) mass is 341 g/mol. The van der Waals surface area contributed by atoms with Crippen molar-refractivity contribution >= 4 is 21.8 Å². The van der Waals surface area contributed by atoms with Gasteiger partial charge in [-0.3, -0.25) is 4.79 Å². The van der Waals surface area contributed by atoms with Crippen molar-refractivity contribution in [2.75, 3.05) is 20.1 Å². The van der Waals surface area contributed by atoms with E-state index in [1.807, 2.05) is 23.8 Å². The Kier molecular flexibility index (Phi) is 5.66. The fourth-order valence-electron chi connectivity index (χ4n) is 2.89. The molecule has 2 rings (SSSR count). The van der Waals surface area contributed by atoms with Gasteiger partial charge >= 0.3 is 0 Å². The van der Waals surface area contributed by atoms with Gasteiger partial charge in [0.2, 0.25) is 0 Å². The number of nitrogens with one attached hydrogen (secondary N) is 1. The van der Waals surface area contributed by atoms with Gasteiger partial charge < -0.3 is 14.8 Å². The van der Waals surface area contributed by atoms with Crippen LogP contribution in [0.5, 0.6) is 0 Å². The molecule has 0 aromatic carbocycles. The molecule has 112 valence electrons. The molecule has 4 nitrogen and oxygen atoms in total. The number of carbonyl (C=O) groups is 1. The van der Waals surface area contributed by atoms with E-state index in [1.54, 1.807) is 0 Å². The Labute approximate surface area is 129 Å². The van der Waals surface area contributed by atoms with Crippen LogP contribution in [0.2, 0.25) is 0 Å². The Morgan fingerprint density at radius 3 is 2.85 bits per heavy atom. The summed E-state index contributed by atoms with van der Waals surface area (Å²) in [6, 6.07) is 2.58. The molecule has 1 aliphatic carbocycles. The van der Waals surface area contributed by atoms with Crippen LogP contribution in [0.15, 0.2) is 16.7 Å². The number of carbonyl (C=O) groups excluding carboxylic acids is 1. The molecule has 0 atom stereocenters. The number of aryl methyl sites for hydroxylation is 1. The third-order valence-electron chi connectivity index (χ3n) is 4.13. The molecule has 1 aromatic rings. The summed E-state index contributed by atoms with van der Waals surface area (Å²) < 4.78 is 2.91. The van der Waals surface area contributed by atoms with Gasteiger partial charge in [0.1, 0.15) is 5.69 Å². The maximum atomic E-state index is 12.2. The standard InChI is InChI=1S/C15H24BrN3O/c1-3-19-11-12(16)10-14(19)15(20)17-8-9-18(2)13-6-4-5-7-13/h10-11,13H,3-9H2,1-2H3,(H,17,20). The molecule has 1 fully saturated rings. The average molecular weight is 342 g/mol. The summed E-state index contributed by atoms with van der Waals surface area (Å²) in [6.07, 6.45) is 7.24. The van der Waals surface area contributed by atoms with E-state index in [2.05, 4.69) is 33.2 Å². The van der Waals surface area contributed by atoms with Gasteiger partial charge in [-0.15, -0.1) is 0 Å². The van der Waals surface area contributed by atoms with Crippen molar-refractivity contribution in [3.05, 3.63) is 22.4 Å². The van der Waals surface area contributed by atoms with Gasteiger partial charge in [-0.2, -0.15) is 0 Å². The summed E-state index contributed by atoms with van der Waals surface area (Å²) in [6.45, 7) is 4.47. The summed E-state index contributed by atoms with van der Waals surface area (Å²) in [4.78, 5) is 14.5. The third-order valence-corrected chi connectivity index (χ3v) is 4.57. The highest BCUT2D eigenvalue weighted by Gasteiger charge is 2.19. The number of hydrogen-bond acceptors (Lipinski definition) is 2. The van der Waals surface area contributed by atoms with Crippen molar-refractivity contribution in [3.8, 4) is 0 Å². The predicted octanol–water partition coefficient (Wildman–Crippen LogP) is 2.87. The first-order valence-electron chi connectivity index (χ1n) is 7.46. The first-order chi connectivity index (χ1) is 9.61. The van der Waals surface area contributed by atoms with Gasteiger partial charge in [0.25, 0.3) is 5.91 Å². The highest BCUT2D eigenvalue weighted by Crippen LogP contribution is 2.21. The zero-order valence-corrected chi connectivity index (χ0v) is 13.9. The van der Waals surface area contributed by atoms with Crippen LogP contribution in [0.1, 0.15) is 43.1 Å². The van der Waals surface area contributed by atoms with Gasteiger partial charge in [0, 0.05) is 36.3 Å². The zero-order valence-electron chi connectivity index (χ0n) is 12.4. The summed E-state index contributed by atoms with van der Waals surface area (Å²) in [5.41, 5.74) is 0.725. The van der Waals surface area contributed by atoms with Crippen molar-refractivity contribution in [1.29, 1.82) is 0 Å². The molecule has 20 heavy (non-hydrogen) atoms. The molecular weight excluding hydrogens is 318 g/mol. The van der Waals surface area contributed by atoms with E-state index in [4.69, 9.17) is 0 Å². The van der Waals surface area contributed by atoms with Gasteiger partial charge in [-0.1, -0.05) is 12.8 Å². The zero-order chi connectivity index (χ0) is 14.5. The number of nitrogens with zero attached hydrogens (tertiary/aromatic N) is 2. The first-order valence-corrected chi connectivity index (χ1v) is 8.25. The molecule has 0 unspecified atom stereocenters. The highest BCUT2D eigenvalue weighted by molar-refractivity contribution is 9.10. The largest absolute Gasteiger partial charge is 0.349 e. The molecule has 0 radical (unpaired) electrons. The Bertz CT molecular complexity index is 452. The van der Waals surface area contributed by atoms with E-state index in [1.165, 1.54) is 25.7 Å². The fraction of sp³-hybridized carbons (Fsp3) is 0.667. The van der Waals surface area contributed by atoms with Crippen LogP contribution in [0.3, 0.4) is 0 Å². The van der Waals surface area contributed by atoms with Gasteiger partial charge in [0.05, 0.1) is 0 Å². The lowest BCUT2D eigenvalue weighted by Gasteiger charge is -2.23. The van der Waals surface area contributed by atoms with Gasteiger partial charge in [-0.25, -0.2) is 0 Å². The van der Waals surface area contributed by atoms with Crippen LogP contribution in [0.25, 0.3) is 0 Å². The van der Waals surface area contributed by atoms with E-state index in [9.17, 15) is 4.79 Å². The van der Waals surface area contributed by atoms with Crippen LogP contribution >= 0.6 is 15.9 Å². The van der Waals surface area contributed by atoms with E-state index >= 15 is 0 Å². The van der Waals surface area contributed by atoms with Crippen LogP contribution in [0.4, 0.5) is 0 Å². The topological polar surface area (TPSA) is 37.3 Å². The van der Waals surface area contributed by atoms with Crippen LogP contribution in [-0.2, 0) is 6.54 Å². The van der Waals surface area contributed by atoms with Crippen molar-refractivity contribution < 1.29 is 4.79 Å². The summed E-state index contributed by atoms with van der Waals surface area (Å²) in [7, 11) is 2.16. The molecule has 1 saturated carbocycles. The molecule has 0 aliphatic heterocycles. The van der Waals surface area contributed by atoms with E-state index in [0.29, 0.717) is 12.6 Å². The maximum Gasteiger partial charge on any atom is 0.267 e. The fourth-order valence-corrected chi connectivity index (χ4v) is 3.35. The number of rotatable bonds is 6. The highest BCUT2D eigenvalue weighted by atomic mass is 79.9. The van der Waals surface area contributed by atoms with Crippen LogP contribution < -0.4 is 5.32 Å². The number of amides is 1. The molecule has 1 heterocycles. The first kappa shape index (κ1) is 15.6. The number of hydrogen-bond donors (Lipinski definition) is 1. The lowest BCUT2D eigenvalue weighted by atomic mass is 10.2. The lowest BCUT2D eigenvalue weighted by molar-refractivity contribution is 0.0938. The molecular formula is C15H24BrN3O. The molecule has 1 N–H and O–H groups in total. The summed E-state index contributed by atoms with van der Waals surface area (Å²) >= 11 is 3.42. The van der Waals surface area contributed by atoms with Crippen molar-refractivity contribution in [2.24, 2.45) is 0 Å². The Morgan fingerprint density at radius 2 is 2.20 bits per heavy atom. The van der Waals surface area contributed by atoms with Crippen molar-refractivity contribution in [2.45, 2.75) is 45.2 Å². The maximum absolute atomic E-state index is 12.2. The minimum atomic E-state index is 0.0115. The SMILES string of the molecule is CCn1cc(Br)cc1C(=O)NCCN(C)C1CCCC1. The van der Waals surface area contributed by atoms with Crippen LogP contribution in [-0.4, -0.2) is 41.6 Å². The minimum Gasteiger partial charge on any atom is -0.349 e. The lowest BCUT2D eigenvalue weighted by Crippen LogP contribution is -2.37. The van der Waals surface area contributed by atoms with E-state index in [-0.39, 0.29) is 5.91 Å². The summed E-state index contributed by atoms with van der Waals surface area (Å²) in [5, 5.41) is 3.02. The van der Waals surface area contributed by atoms with Gasteiger partial charge in [0.15, 0.2) is 0 Å². The Morgan fingerprint density at radius 1 is 1.50 bits per heavy atom. The number of halogens is 1. The molecule has 5 heteroatoms. The predicted molar refractivity (Wildman–Crippen MR) is 85.0 cm³/mol. The average Bonchev–Trinajstić information content (AvgIpc) is 3.07. The van der Waals surface area contributed by atoms with E-state index < -0.39 is 0 Å². The van der Waals surface area contributed by atoms with Gasteiger partial charge in [-0.05, 0) is 48.8 Å². The molecule has 1 amide bonds. The second kappa shape index (κ2) is 7.27. The molecule has 1 aromatic heterocycles. The number of aromatic nitrogens is 1. The molecule has 0 saturated heterocycles. The molecule has 0 bridgehead atoms. The minimum absolute atomic E-state index is 0.0115. The smallest absolute Gasteiger partial charge is 0.267 e. The number of likely N-dealkylation sites (N-methyl/N-ethyl adjacent to an activating group) is 1. The second-order valence-corrected chi connectivity index (χ2v) is 6.42. The van der Waals surface area contributed by atoms with E-state index in [0.717, 1.165) is 23.3 Å². The normalized spacial score (nSPS) is 16.0. The summed E-state index contributed by atoms with van der Waals surface area (Å²) in [5.74, 6) is 0.0115. The van der Waals surface area contributed by atoms with Crippen molar-refractivity contribution in [3.63, 3.8) is 0 Å². The third kappa shape index (κ3) is 3.85. The molecule has 0 spiro atoms.